The molecule has 0 unspecified atom stereocenters. The van der Waals surface area contributed by atoms with Crippen LogP contribution in [0.1, 0.15) is 35.4 Å². The topological polar surface area (TPSA) is 66.2 Å². The summed E-state index contributed by atoms with van der Waals surface area (Å²) in [7, 11) is 1.86. The lowest BCUT2D eigenvalue weighted by Gasteiger charge is -2.37. The summed E-state index contributed by atoms with van der Waals surface area (Å²) in [5.41, 5.74) is 0.213. The van der Waals surface area contributed by atoms with Gasteiger partial charge in [0.1, 0.15) is 12.0 Å². The number of piperidine rings is 1. The number of amides is 2. The van der Waals surface area contributed by atoms with Gasteiger partial charge in [0.05, 0.1) is 30.7 Å². The molecule has 1 spiro atoms. The van der Waals surface area contributed by atoms with Crippen molar-refractivity contribution in [3.63, 3.8) is 0 Å². The van der Waals surface area contributed by atoms with Gasteiger partial charge in [0, 0.05) is 39.8 Å². The number of carbonyl (C=O) groups is 2. The number of furan rings is 1. The first kappa shape index (κ1) is 17.5. The van der Waals surface area contributed by atoms with Gasteiger partial charge in [-0.15, -0.1) is 0 Å². The highest BCUT2D eigenvalue weighted by Gasteiger charge is 2.48. The summed E-state index contributed by atoms with van der Waals surface area (Å²) >= 11 is 0. The second-order valence-electron chi connectivity index (χ2n) is 7.78. The third kappa shape index (κ3) is 3.25. The van der Waals surface area contributed by atoms with Gasteiger partial charge in [0.25, 0.3) is 5.91 Å². The Morgan fingerprint density at radius 1 is 1.19 bits per heavy atom. The fourth-order valence-electron chi connectivity index (χ4n) is 4.43. The van der Waals surface area contributed by atoms with Crippen LogP contribution >= 0.6 is 0 Å². The minimum absolute atomic E-state index is 0.0279. The summed E-state index contributed by atoms with van der Waals surface area (Å²) in [5, 5.41) is 0. The first-order valence-corrected chi connectivity index (χ1v) is 9.50. The number of likely N-dealkylation sites (tertiary alicyclic amines) is 2. The fraction of sp³-hybridized carbons (Fsp3) is 0.684. The molecular formula is C19H27N3O4. The van der Waals surface area contributed by atoms with Crippen molar-refractivity contribution in [1.82, 2.24) is 14.7 Å². The second kappa shape index (κ2) is 7.04. The van der Waals surface area contributed by atoms with Crippen LogP contribution in [0.2, 0.25) is 0 Å². The number of morpholine rings is 1. The van der Waals surface area contributed by atoms with Crippen LogP contribution in [0.15, 0.2) is 16.7 Å². The molecule has 26 heavy (non-hydrogen) atoms. The van der Waals surface area contributed by atoms with E-state index in [2.05, 4.69) is 4.90 Å². The quantitative estimate of drug-likeness (QED) is 0.809. The highest BCUT2D eigenvalue weighted by molar-refractivity contribution is 5.95. The predicted octanol–water partition coefficient (Wildman–Crippen LogP) is 1.20. The molecule has 1 aromatic heterocycles. The van der Waals surface area contributed by atoms with Crippen LogP contribution in [-0.4, -0.2) is 79.5 Å². The Morgan fingerprint density at radius 3 is 2.81 bits per heavy atom. The van der Waals surface area contributed by atoms with Crippen LogP contribution in [-0.2, 0) is 16.1 Å². The first-order valence-electron chi connectivity index (χ1n) is 9.50. The van der Waals surface area contributed by atoms with Crippen LogP contribution in [0.3, 0.4) is 0 Å². The number of nitrogens with zero attached hydrogens (tertiary/aromatic N) is 3. The molecule has 3 aliphatic rings. The number of carbonyl (C=O) groups excluding carboxylic acids is 2. The highest BCUT2D eigenvalue weighted by atomic mass is 16.5. The van der Waals surface area contributed by atoms with E-state index in [-0.39, 0.29) is 17.2 Å². The molecule has 1 aromatic rings. The Balaban J connectivity index is 1.40. The molecule has 3 aliphatic heterocycles. The summed E-state index contributed by atoms with van der Waals surface area (Å²) < 4.78 is 11.0. The predicted molar refractivity (Wildman–Crippen MR) is 94.6 cm³/mol. The van der Waals surface area contributed by atoms with E-state index in [0.29, 0.717) is 25.2 Å². The molecule has 0 aromatic carbocycles. The van der Waals surface area contributed by atoms with Gasteiger partial charge in [-0.25, -0.2) is 0 Å². The molecule has 3 fully saturated rings. The standard InChI is InChI=1S/C19H27N3O4/c1-20-5-2-3-19(18(20)24)4-6-22(14-19)17(23)15-11-16(26-13-15)12-21-7-9-25-10-8-21/h11,13H,2-10,12,14H2,1H3/t19-/m0/s1. The third-order valence-electron chi connectivity index (χ3n) is 5.97. The van der Waals surface area contributed by atoms with Crippen molar-refractivity contribution in [2.45, 2.75) is 25.8 Å². The van der Waals surface area contributed by atoms with Crippen molar-refractivity contribution in [1.29, 1.82) is 0 Å². The minimum atomic E-state index is -0.372. The van der Waals surface area contributed by atoms with Gasteiger partial charge >= 0.3 is 0 Å². The highest BCUT2D eigenvalue weighted by Crippen LogP contribution is 2.40. The van der Waals surface area contributed by atoms with Crippen molar-refractivity contribution in [2.75, 3.05) is 53.0 Å². The molecule has 0 bridgehead atoms. The monoisotopic (exact) mass is 361 g/mol. The lowest BCUT2D eigenvalue weighted by Crippen LogP contribution is -2.48. The van der Waals surface area contributed by atoms with Gasteiger partial charge in [-0.2, -0.15) is 0 Å². The van der Waals surface area contributed by atoms with E-state index in [4.69, 9.17) is 9.15 Å². The Morgan fingerprint density at radius 2 is 2.00 bits per heavy atom. The lowest BCUT2D eigenvalue weighted by molar-refractivity contribution is -0.143. The molecule has 2 amide bonds. The summed E-state index contributed by atoms with van der Waals surface area (Å²) in [4.78, 5) is 31.4. The minimum Gasteiger partial charge on any atom is -0.467 e. The van der Waals surface area contributed by atoms with Crippen molar-refractivity contribution in [3.8, 4) is 0 Å². The van der Waals surface area contributed by atoms with Crippen LogP contribution in [0.4, 0.5) is 0 Å². The van der Waals surface area contributed by atoms with Crippen molar-refractivity contribution in [2.24, 2.45) is 5.41 Å². The van der Waals surface area contributed by atoms with E-state index >= 15 is 0 Å². The average molecular weight is 361 g/mol. The maximum atomic E-state index is 12.9. The van der Waals surface area contributed by atoms with E-state index in [1.165, 1.54) is 0 Å². The summed E-state index contributed by atoms with van der Waals surface area (Å²) in [6.07, 6.45) is 4.21. The molecule has 0 radical (unpaired) electrons. The lowest BCUT2D eigenvalue weighted by atomic mass is 9.78. The van der Waals surface area contributed by atoms with Gasteiger partial charge in [-0.05, 0) is 25.3 Å². The average Bonchev–Trinajstić information content (AvgIpc) is 3.28. The van der Waals surface area contributed by atoms with E-state index in [9.17, 15) is 9.59 Å². The van der Waals surface area contributed by atoms with E-state index < -0.39 is 0 Å². The maximum Gasteiger partial charge on any atom is 0.257 e. The van der Waals surface area contributed by atoms with Gasteiger partial charge in [0.2, 0.25) is 5.91 Å². The molecule has 4 rings (SSSR count). The molecule has 142 valence electrons. The Hall–Kier alpha value is -1.86. The molecule has 4 heterocycles. The maximum absolute atomic E-state index is 12.9. The fourth-order valence-corrected chi connectivity index (χ4v) is 4.43. The molecule has 7 nitrogen and oxygen atoms in total. The number of rotatable bonds is 3. The Labute approximate surface area is 153 Å². The van der Waals surface area contributed by atoms with Gasteiger partial charge in [0.15, 0.2) is 0 Å². The zero-order valence-corrected chi connectivity index (χ0v) is 15.4. The van der Waals surface area contributed by atoms with Crippen LogP contribution in [0, 0.1) is 5.41 Å². The number of ether oxygens (including phenoxy) is 1. The van der Waals surface area contributed by atoms with Crippen molar-refractivity contribution >= 4 is 11.8 Å². The van der Waals surface area contributed by atoms with Crippen LogP contribution in [0.5, 0.6) is 0 Å². The van der Waals surface area contributed by atoms with E-state index in [1.54, 1.807) is 6.26 Å². The molecule has 7 heteroatoms. The summed E-state index contributed by atoms with van der Waals surface area (Å²) in [5.74, 6) is 0.969. The Bertz CT molecular complexity index is 682. The van der Waals surface area contributed by atoms with Crippen LogP contribution in [0.25, 0.3) is 0 Å². The first-order chi connectivity index (χ1) is 12.6. The van der Waals surface area contributed by atoms with Gasteiger partial charge < -0.3 is 19.0 Å². The van der Waals surface area contributed by atoms with Gasteiger partial charge in [-0.3, -0.25) is 14.5 Å². The number of hydrogen-bond donors (Lipinski definition) is 0. The zero-order valence-electron chi connectivity index (χ0n) is 15.4. The largest absolute Gasteiger partial charge is 0.467 e. The smallest absolute Gasteiger partial charge is 0.257 e. The third-order valence-corrected chi connectivity index (χ3v) is 5.97. The van der Waals surface area contributed by atoms with Crippen molar-refractivity contribution in [3.05, 3.63) is 23.7 Å². The summed E-state index contributed by atoms with van der Waals surface area (Å²) in [6, 6.07) is 1.84. The SMILES string of the molecule is CN1CCC[C@@]2(CCN(C(=O)c3coc(CN4CCOCC4)c3)C2)C1=O. The molecule has 0 saturated carbocycles. The molecule has 3 saturated heterocycles. The normalized spacial score (nSPS) is 27.5. The van der Waals surface area contributed by atoms with Crippen LogP contribution < -0.4 is 0 Å². The van der Waals surface area contributed by atoms with E-state index in [1.807, 2.05) is 22.9 Å². The Kier molecular flexibility index (Phi) is 4.75. The molecule has 0 N–H and O–H groups in total. The molecular weight excluding hydrogens is 334 g/mol. The zero-order chi connectivity index (χ0) is 18.1. The molecule has 0 aliphatic carbocycles. The van der Waals surface area contributed by atoms with Crippen molar-refractivity contribution < 1.29 is 18.7 Å². The van der Waals surface area contributed by atoms with Gasteiger partial charge in [-0.1, -0.05) is 0 Å². The summed E-state index contributed by atoms with van der Waals surface area (Å²) in [6.45, 7) is 5.94. The number of hydrogen-bond acceptors (Lipinski definition) is 5. The van der Waals surface area contributed by atoms with E-state index in [0.717, 1.165) is 57.9 Å². The molecule has 1 atom stereocenters. The second-order valence-corrected chi connectivity index (χ2v) is 7.78.